The van der Waals surface area contributed by atoms with Gasteiger partial charge in [0.2, 0.25) is 0 Å². The molecule has 1 aromatic carbocycles. The minimum absolute atomic E-state index is 0.0889. The van der Waals surface area contributed by atoms with E-state index < -0.39 is 4.92 Å². The molecule has 0 saturated heterocycles. The molecule has 0 spiro atoms. The maximum Gasteiger partial charge on any atom is 0.311 e. The highest BCUT2D eigenvalue weighted by Gasteiger charge is 2.18. The highest BCUT2D eigenvalue weighted by molar-refractivity contribution is 5.95. The number of aromatic nitrogens is 1. The van der Waals surface area contributed by atoms with Gasteiger partial charge in [0.15, 0.2) is 0 Å². The quantitative estimate of drug-likeness (QED) is 0.636. The Morgan fingerprint density at radius 2 is 2.22 bits per heavy atom. The Hall–Kier alpha value is -2.21. The fraction of sp³-hybridized carbons (Fsp3) is 0.250. The van der Waals surface area contributed by atoms with E-state index in [0.29, 0.717) is 16.6 Å². The number of fused-ring (bicyclic) bond motifs is 1. The van der Waals surface area contributed by atoms with Crippen LogP contribution in [0.15, 0.2) is 30.5 Å². The molecule has 1 atom stereocenters. The summed E-state index contributed by atoms with van der Waals surface area (Å²) in [6, 6.07) is 6.90. The second-order valence-electron chi connectivity index (χ2n) is 4.02. The number of aliphatic hydroxyl groups excluding tert-OH is 1. The van der Waals surface area contributed by atoms with Crippen molar-refractivity contribution in [2.24, 2.45) is 0 Å². The predicted molar refractivity (Wildman–Crippen MR) is 68.6 cm³/mol. The van der Waals surface area contributed by atoms with Gasteiger partial charge in [-0.3, -0.25) is 10.1 Å². The molecule has 2 rings (SSSR count). The van der Waals surface area contributed by atoms with Crippen LogP contribution in [0.4, 0.5) is 11.4 Å². The van der Waals surface area contributed by atoms with Gasteiger partial charge >= 0.3 is 5.69 Å². The van der Waals surface area contributed by atoms with Crippen LogP contribution < -0.4 is 5.32 Å². The summed E-state index contributed by atoms with van der Waals surface area (Å²) in [6.07, 6.45) is 1.23. The third kappa shape index (κ3) is 2.23. The van der Waals surface area contributed by atoms with Gasteiger partial charge in [-0.05, 0) is 13.0 Å². The molecule has 18 heavy (non-hydrogen) atoms. The first kappa shape index (κ1) is 12.3. The lowest BCUT2D eigenvalue weighted by Crippen LogP contribution is -2.20. The maximum atomic E-state index is 11.0. The summed E-state index contributed by atoms with van der Waals surface area (Å²) in [5.41, 5.74) is 0.983. The highest BCUT2D eigenvalue weighted by atomic mass is 16.6. The Kier molecular flexibility index (Phi) is 3.38. The molecule has 2 aromatic rings. The van der Waals surface area contributed by atoms with Crippen molar-refractivity contribution in [3.05, 3.63) is 40.6 Å². The number of anilines is 1. The molecule has 0 amide bonds. The van der Waals surface area contributed by atoms with Crippen LogP contribution in [0.3, 0.4) is 0 Å². The first-order valence-electron chi connectivity index (χ1n) is 5.53. The van der Waals surface area contributed by atoms with Crippen LogP contribution in [-0.4, -0.2) is 27.7 Å². The number of nitrogens with one attached hydrogen (secondary N) is 1. The van der Waals surface area contributed by atoms with Gasteiger partial charge in [-0.1, -0.05) is 18.2 Å². The van der Waals surface area contributed by atoms with Gasteiger partial charge in [-0.25, -0.2) is 4.98 Å². The molecule has 1 unspecified atom stereocenters. The molecule has 1 aromatic heterocycles. The Labute approximate surface area is 103 Å². The summed E-state index contributed by atoms with van der Waals surface area (Å²) in [5, 5.41) is 23.7. The highest BCUT2D eigenvalue weighted by Crippen LogP contribution is 2.31. The van der Waals surface area contributed by atoms with Crippen molar-refractivity contribution in [3.8, 4) is 0 Å². The number of rotatable bonds is 4. The van der Waals surface area contributed by atoms with Gasteiger partial charge in [0.1, 0.15) is 11.9 Å². The summed E-state index contributed by atoms with van der Waals surface area (Å²) in [4.78, 5) is 14.6. The monoisotopic (exact) mass is 247 g/mol. The molecule has 0 aliphatic heterocycles. The zero-order chi connectivity index (χ0) is 13.1. The summed E-state index contributed by atoms with van der Waals surface area (Å²) in [5.74, 6) is 0. The van der Waals surface area contributed by atoms with Crippen LogP contribution in [0.5, 0.6) is 0 Å². The Morgan fingerprint density at radius 3 is 2.89 bits per heavy atom. The van der Waals surface area contributed by atoms with Crippen molar-refractivity contribution in [2.45, 2.75) is 13.0 Å². The summed E-state index contributed by atoms with van der Waals surface area (Å²) >= 11 is 0. The second kappa shape index (κ2) is 4.97. The minimum Gasteiger partial charge on any atom is -0.394 e. The summed E-state index contributed by atoms with van der Waals surface area (Å²) in [7, 11) is 0. The van der Waals surface area contributed by atoms with Crippen molar-refractivity contribution < 1.29 is 10.0 Å². The minimum atomic E-state index is -0.480. The van der Waals surface area contributed by atoms with Gasteiger partial charge in [0.05, 0.1) is 17.0 Å². The SMILES string of the molecule is CC(CO)Nc1c([N+](=O)[O-])cnc2ccccc12. The van der Waals surface area contributed by atoms with Gasteiger partial charge in [-0.15, -0.1) is 0 Å². The lowest BCUT2D eigenvalue weighted by atomic mass is 10.1. The van der Waals surface area contributed by atoms with Crippen molar-refractivity contribution in [2.75, 3.05) is 11.9 Å². The number of benzene rings is 1. The molecule has 0 aliphatic carbocycles. The largest absolute Gasteiger partial charge is 0.394 e. The Bertz CT molecular complexity index is 586. The predicted octanol–water partition coefficient (Wildman–Crippen LogP) is 1.94. The van der Waals surface area contributed by atoms with E-state index in [1.807, 2.05) is 6.07 Å². The van der Waals surface area contributed by atoms with Crippen LogP contribution in [0.1, 0.15) is 6.92 Å². The molecule has 2 N–H and O–H groups in total. The van der Waals surface area contributed by atoms with Gasteiger partial charge in [-0.2, -0.15) is 0 Å². The van der Waals surface area contributed by atoms with Crippen molar-refractivity contribution in [3.63, 3.8) is 0 Å². The van der Waals surface area contributed by atoms with Gasteiger partial charge < -0.3 is 10.4 Å². The second-order valence-corrected chi connectivity index (χ2v) is 4.02. The average Bonchev–Trinajstić information content (AvgIpc) is 2.38. The van der Waals surface area contributed by atoms with Crippen LogP contribution >= 0.6 is 0 Å². The zero-order valence-corrected chi connectivity index (χ0v) is 9.83. The number of hydrogen-bond acceptors (Lipinski definition) is 5. The fourth-order valence-corrected chi connectivity index (χ4v) is 1.71. The molecule has 0 bridgehead atoms. The number of aliphatic hydroxyl groups is 1. The summed E-state index contributed by atoms with van der Waals surface area (Å²) in [6.45, 7) is 1.65. The van der Waals surface area contributed by atoms with Crippen LogP contribution in [0.25, 0.3) is 10.9 Å². The Balaban J connectivity index is 2.62. The van der Waals surface area contributed by atoms with Crippen LogP contribution in [0, 0.1) is 10.1 Å². The molecule has 0 fully saturated rings. The van der Waals surface area contributed by atoms with E-state index in [0.717, 1.165) is 0 Å². The van der Waals surface area contributed by atoms with Crippen LogP contribution in [-0.2, 0) is 0 Å². The number of nitro groups is 1. The number of hydrogen-bond donors (Lipinski definition) is 2. The number of para-hydroxylation sites is 1. The maximum absolute atomic E-state index is 11.0. The van der Waals surface area contributed by atoms with E-state index in [4.69, 9.17) is 5.11 Å². The fourth-order valence-electron chi connectivity index (χ4n) is 1.71. The average molecular weight is 247 g/mol. The third-order valence-corrected chi connectivity index (χ3v) is 2.62. The first-order valence-corrected chi connectivity index (χ1v) is 5.53. The number of pyridine rings is 1. The normalized spacial score (nSPS) is 12.3. The van der Waals surface area contributed by atoms with E-state index in [-0.39, 0.29) is 18.3 Å². The molecule has 6 heteroatoms. The topological polar surface area (TPSA) is 88.3 Å². The molecule has 0 radical (unpaired) electrons. The van der Waals surface area contributed by atoms with E-state index in [9.17, 15) is 10.1 Å². The Morgan fingerprint density at radius 1 is 1.50 bits per heavy atom. The van der Waals surface area contributed by atoms with Crippen LogP contribution in [0.2, 0.25) is 0 Å². The molecule has 0 aliphatic rings. The summed E-state index contributed by atoms with van der Waals surface area (Å²) < 4.78 is 0. The van der Waals surface area contributed by atoms with E-state index >= 15 is 0 Å². The van der Waals surface area contributed by atoms with Gasteiger partial charge in [0, 0.05) is 11.4 Å². The van der Waals surface area contributed by atoms with Crippen molar-refractivity contribution in [1.29, 1.82) is 0 Å². The third-order valence-electron chi connectivity index (χ3n) is 2.62. The van der Waals surface area contributed by atoms with E-state index in [1.165, 1.54) is 6.20 Å². The molecular formula is C12H13N3O3. The van der Waals surface area contributed by atoms with Crippen molar-refractivity contribution in [1.82, 2.24) is 4.98 Å². The molecule has 6 nitrogen and oxygen atoms in total. The smallest absolute Gasteiger partial charge is 0.311 e. The van der Waals surface area contributed by atoms with Gasteiger partial charge in [0.25, 0.3) is 0 Å². The van der Waals surface area contributed by atoms with Crippen molar-refractivity contribution >= 4 is 22.3 Å². The standard InChI is InChI=1S/C12H13N3O3/c1-8(7-16)14-12-9-4-2-3-5-10(9)13-6-11(12)15(17)18/h2-6,8,16H,7H2,1H3,(H,13,14). The van der Waals surface area contributed by atoms with E-state index in [2.05, 4.69) is 10.3 Å². The molecule has 94 valence electrons. The molecule has 1 heterocycles. The number of nitrogens with zero attached hydrogens (tertiary/aromatic N) is 2. The first-order chi connectivity index (χ1) is 8.63. The lowest BCUT2D eigenvalue weighted by molar-refractivity contribution is -0.384. The van der Waals surface area contributed by atoms with E-state index in [1.54, 1.807) is 25.1 Å². The zero-order valence-electron chi connectivity index (χ0n) is 9.83. The lowest BCUT2D eigenvalue weighted by Gasteiger charge is -2.14. The molecule has 0 saturated carbocycles. The molecular weight excluding hydrogens is 234 g/mol.